The molecule has 2 fully saturated rings. The van der Waals surface area contributed by atoms with Crippen molar-refractivity contribution in [2.24, 2.45) is 0 Å². The molecule has 5 aliphatic heterocycles. The van der Waals surface area contributed by atoms with Gasteiger partial charge in [-0.25, -0.2) is 4.21 Å². The number of hydrogen-bond donors (Lipinski definition) is 1. The van der Waals surface area contributed by atoms with E-state index in [1.54, 1.807) is 0 Å². The van der Waals surface area contributed by atoms with Gasteiger partial charge in [0.2, 0.25) is 0 Å². The van der Waals surface area contributed by atoms with E-state index in [0.29, 0.717) is 36.5 Å². The Hall–Kier alpha value is -1.71. The van der Waals surface area contributed by atoms with Gasteiger partial charge in [0.25, 0.3) is 0 Å². The Morgan fingerprint density at radius 3 is 2.72 bits per heavy atom. The molecule has 1 saturated heterocycles. The second kappa shape index (κ2) is 8.41. The van der Waals surface area contributed by atoms with Crippen LogP contribution in [0.4, 0.5) is 18.9 Å². The Balaban J connectivity index is 1.61. The molecule has 8 rings (SSSR count). The molecule has 0 amide bonds. The van der Waals surface area contributed by atoms with Gasteiger partial charge in [0.1, 0.15) is 17.2 Å². The number of benzene rings is 1. The van der Waals surface area contributed by atoms with Gasteiger partial charge in [-0.2, -0.15) is 29.1 Å². The zero-order valence-corrected chi connectivity index (χ0v) is 24.7. The molecule has 1 aliphatic carbocycles. The first-order chi connectivity index (χ1) is 18.4. The van der Waals surface area contributed by atoms with E-state index in [0.717, 1.165) is 46.8 Å². The topological polar surface area (TPSA) is 53.0 Å². The van der Waals surface area contributed by atoms with Crippen LogP contribution in [0.25, 0.3) is 5.57 Å². The second-order valence-corrected chi connectivity index (χ2v) is 20.0. The first-order valence-electron chi connectivity index (χ1n) is 13.4. The molecule has 0 radical (unpaired) electrons. The number of aliphatic hydroxyl groups excluding tert-OH is 1. The van der Waals surface area contributed by atoms with Gasteiger partial charge in [0.15, 0.2) is 9.30 Å². The largest absolute Gasteiger partial charge is 0.490 e. The Kier molecular flexibility index (Phi) is 5.65. The monoisotopic (exact) mass is 596 g/mol. The van der Waals surface area contributed by atoms with Gasteiger partial charge in [0.05, 0.1) is 57.4 Å². The van der Waals surface area contributed by atoms with E-state index < -0.39 is 32.5 Å². The lowest BCUT2D eigenvalue weighted by atomic mass is 9.75. The average molecular weight is 597 g/mol. The predicted molar refractivity (Wildman–Crippen MR) is 152 cm³/mol. The first kappa shape index (κ1) is 26.2. The highest BCUT2D eigenvalue weighted by atomic mass is 32.5. The summed E-state index contributed by atoms with van der Waals surface area (Å²) < 4.78 is 66.0. The summed E-state index contributed by atoms with van der Waals surface area (Å²) in [4.78, 5) is 3.80. The van der Waals surface area contributed by atoms with Gasteiger partial charge in [0, 0.05) is 18.1 Å². The lowest BCUT2D eigenvalue weighted by Gasteiger charge is -2.48. The molecule has 6 heterocycles. The SMILES string of the molecule is CC(C)(C)S1(=O)=[P+]2[CH-]C=C(c3cc(C(F)(F)F)cc4c3N(CCO4)[C@@H]3CN1C1(CCC1)C3)c1[s+][c-](CO)cc12. The Bertz CT molecular complexity index is 1540. The van der Waals surface area contributed by atoms with E-state index in [1.807, 2.05) is 18.3 Å². The second-order valence-electron chi connectivity index (χ2n) is 12.2. The number of nitrogens with zero attached hydrogens (tertiary/aromatic N) is 2. The summed E-state index contributed by atoms with van der Waals surface area (Å²) in [6.45, 7) is 6.21. The van der Waals surface area contributed by atoms with Gasteiger partial charge < -0.3 is 14.7 Å². The molecule has 1 aromatic carbocycles. The molecular formula is C28H32F3N2O3PS2. The average Bonchev–Trinajstić information content (AvgIpc) is 3.47. The van der Waals surface area contributed by atoms with Gasteiger partial charge in [-0.1, -0.05) is 17.7 Å². The van der Waals surface area contributed by atoms with Gasteiger partial charge in [-0.05, 0) is 58.7 Å². The maximum absolute atomic E-state index is 15.8. The van der Waals surface area contributed by atoms with Crippen LogP contribution in [-0.2, 0) is 22.1 Å². The molecule has 11 heteroatoms. The molecule has 1 N–H and O–H groups in total. The van der Waals surface area contributed by atoms with Crippen molar-refractivity contribution in [3.8, 4) is 5.75 Å². The molecule has 3 unspecified atom stereocenters. The molecule has 4 atom stereocenters. The highest BCUT2D eigenvalue weighted by molar-refractivity contribution is 8.32. The Morgan fingerprint density at radius 2 is 2.08 bits per heavy atom. The number of aliphatic hydroxyl groups is 1. The number of thiophene rings is 1. The molecule has 210 valence electrons. The highest BCUT2D eigenvalue weighted by Crippen LogP contribution is 2.59. The third-order valence-electron chi connectivity index (χ3n) is 8.96. The zero-order valence-electron chi connectivity index (χ0n) is 22.2. The summed E-state index contributed by atoms with van der Waals surface area (Å²) in [5.41, 5.74) is 0.991. The van der Waals surface area contributed by atoms with Crippen molar-refractivity contribution in [2.75, 3.05) is 24.6 Å². The van der Waals surface area contributed by atoms with E-state index in [4.69, 9.17) is 4.74 Å². The molecular weight excluding hydrogens is 564 g/mol. The maximum atomic E-state index is 15.8. The van der Waals surface area contributed by atoms with E-state index in [2.05, 4.69) is 30.0 Å². The number of rotatable bonds is 1. The Labute approximate surface area is 232 Å². The van der Waals surface area contributed by atoms with Crippen LogP contribution in [0, 0.1) is 6.16 Å². The molecule has 2 aromatic rings. The molecule has 4 bridgehead atoms. The van der Waals surface area contributed by atoms with Gasteiger partial charge in [-0.3, -0.25) is 0 Å². The third kappa shape index (κ3) is 3.57. The first-order valence-corrected chi connectivity index (χ1v) is 17.8. The molecule has 5 nitrogen and oxygen atoms in total. The van der Waals surface area contributed by atoms with Crippen LogP contribution in [0.2, 0.25) is 0 Å². The van der Waals surface area contributed by atoms with Gasteiger partial charge in [-0.15, -0.1) is 0 Å². The number of allylic oxidation sites excluding steroid dienone is 1. The quantitative estimate of drug-likeness (QED) is 0.246. The molecule has 1 saturated carbocycles. The number of fused-ring (bicyclic) bond motifs is 1. The summed E-state index contributed by atoms with van der Waals surface area (Å²) in [7, 11) is -2.66. The summed E-state index contributed by atoms with van der Waals surface area (Å²) in [5, 5.41) is 11.0. The lowest BCUT2D eigenvalue weighted by molar-refractivity contribution is -0.137. The number of ether oxygens (including phenoxy) is 1. The number of hydrogen-bond acceptors (Lipinski definition) is 4. The number of alkyl halides is 3. The van der Waals surface area contributed by atoms with Crippen molar-refractivity contribution < 1.29 is 27.2 Å². The summed E-state index contributed by atoms with van der Waals surface area (Å²) in [5.74, 6) is 0.261. The van der Waals surface area contributed by atoms with Crippen LogP contribution in [0.1, 0.15) is 67.3 Å². The fourth-order valence-corrected chi connectivity index (χ4v) is 17.8. The summed E-state index contributed by atoms with van der Waals surface area (Å²) in [6.07, 6.45) is 3.32. The fraction of sp³-hybridized carbons (Fsp3) is 0.536. The minimum Gasteiger partial charge on any atom is -0.490 e. The standard InChI is InChI=1S/C28H32F3N2O3PS2/c1-26(2,3)39(35)33-15-18(14-27(33)6-4-7-27)32-8-9-36-22-12-17(28(29,30)31)11-21(24(22)32)20-5-10-37(39)23-13-19(16-34)38-25(20)23/h5,10-13,18,34H,4,6-9,14-16H2,1-3H3/t18-,39?/m0/s1. The van der Waals surface area contributed by atoms with Crippen LogP contribution in [-0.4, -0.2) is 49.6 Å². The molecule has 6 aliphatic rings. The smallest absolute Gasteiger partial charge is 0.416 e. The normalized spacial score (nSPS) is 29.6. The van der Waals surface area contributed by atoms with Crippen molar-refractivity contribution >= 4 is 43.9 Å². The lowest BCUT2D eigenvalue weighted by Crippen LogP contribution is -2.55. The van der Waals surface area contributed by atoms with E-state index in [9.17, 15) is 18.3 Å². The van der Waals surface area contributed by atoms with Crippen molar-refractivity contribution in [2.45, 2.75) is 75.6 Å². The highest BCUT2D eigenvalue weighted by Gasteiger charge is 2.59. The van der Waals surface area contributed by atoms with Crippen molar-refractivity contribution in [1.29, 1.82) is 0 Å². The number of halogens is 3. The number of anilines is 1. The predicted octanol–water partition coefficient (Wildman–Crippen LogP) is 6.10. The molecule has 39 heavy (non-hydrogen) atoms. The van der Waals surface area contributed by atoms with Crippen molar-refractivity contribution in [1.82, 2.24) is 4.31 Å². The fourth-order valence-electron chi connectivity index (χ4n) is 7.04. The zero-order chi connectivity index (χ0) is 27.5. The van der Waals surface area contributed by atoms with Crippen LogP contribution in [0.15, 0.2) is 24.3 Å². The van der Waals surface area contributed by atoms with Crippen LogP contribution < -0.4 is 14.9 Å². The van der Waals surface area contributed by atoms with Gasteiger partial charge >= 0.3 is 6.18 Å². The van der Waals surface area contributed by atoms with E-state index in [-0.39, 0.29) is 23.9 Å². The third-order valence-corrected chi connectivity index (χ3v) is 19.6. The van der Waals surface area contributed by atoms with Crippen molar-refractivity contribution in [3.05, 3.63) is 51.3 Å². The van der Waals surface area contributed by atoms with Crippen LogP contribution in [0.5, 0.6) is 5.75 Å². The van der Waals surface area contributed by atoms with E-state index >= 15 is 4.21 Å². The van der Waals surface area contributed by atoms with E-state index in [1.165, 1.54) is 17.4 Å². The summed E-state index contributed by atoms with van der Waals surface area (Å²) in [6, 6.07) is 4.39. The maximum Gasteiger partial charge on any atom is 0.416 e. The summed E-state index contributed by atoms with van der Waals surface area (Å²) >= 11 is 1.40. The molecule has 1 aromatic heterocycles. The minimum absolute atomic E-state index is 0.0342. The van der Waals surface area contributed by atoms with Crippen LogP contribution in [0.3, 0.4) is 0 Å². The molecule has 1 spiro atoms. The van der Waals surface area contributed by atoms with Crippen molar-refractivity contribution in [3.63, 3.8) is 0 Å². The van der Waals surface area contributed by atoms with Crippen LogP contribution >= 0.6 is 18.0 Å². The minimum atomic E-state index is -4.52. The Morgan fingerprint density at radius 1 is 1.31 bits per heavy atom.